The lowest BCUT2D eigenvalue weighted by Crippen LogP contribution is -2.22. The molecule has 0 fully saturated rings. The molecule has 0 saturated carbocycles. The number of rotatable bonds is 8. The average molecular weight is 192 g/mol. The van der Waals surface area contributed by atoms with Crippen LogP contribution < -0.4 is 11.6 Å². The Labute approximate surface area is 79.2 Å². The van der Waals surface area contributed by atoms with Gasteiger partial charge in [-0.1, -0.05) is 0 Å². The normalized spacial score (nSPS) is 15.7. The molecule has 5 nitrogen and oxygen atoms in total. The van der Waals surface area contributed by atoms with Crippen LogP contribution in [0.1, 0.15) is 26.7 Å². The average Bonchev–Trinajstić information content (AvgIpc) is 2.10. The zero-order valence-electron chi connectivity index (χ0n) is 8.36. The van der Waals surface area contributed by atoms with Gasteiger partial charge in [0, 0.05) is 6.04 Å². The lowest BCUT2D eigenvalue weighted by molar-refractivity contribution is -0.296. The molecule has 2 unspecified atom stereocenters. The molecule has 2 atom stereocenters. The van der Waals surface area contributed by atoms with E-state index in [1.807, 2.05) is 13.8 Å². The van der Waals surface area contributed by atoms with Crippen LogP contribution in [0, 0.1) is 0 Å². The molecule has 0 bridgehead atoms. The molecular formula is C8H20N2O3. The van der Waals surface area contributed by atoms with Crippen LogP contribution in [-0.2, 0) is 14.6 Å². The maximum atomic E-state index is 5.44. The smallest absolute Gasteiger partial charge is 0.0970 e. The van der Waals surface area contributed by atoms with Gasteiger partial charge in [0.15, 0.2) is 0 Å². The van der Waals surface area contributed by atoms with Gasteiger partial charge in [0.05, 0.1) is 19.3 Å². The maximum Gasteiger partial charge on any atom is 0.0970 e. The fourth-order valence-electron chi connectivity index (χ4n) is 0.712. The largest absolute Gasteiger partial charge is 0.326 e. The zero-order chi connectivity index (χ0) is 10.1. The Balaban J connectivity index is 2.99. The van der Waals surface area contributed by atoms with E-state index >= 15 is 0 Å². The summed E-state index contributed by atoms with van der Waals surface area (Å²) in [4.78, 5) is 14.3. The molecule has 0 aromatic heterocycles. The number of hydrogen-bond donors (Lipinski definition) is 2. The molecule has 0 spiro atoms. The molecule has 0 aliphatic rings. The van der Waals surface area contributed by atoms with Gasteiger partial charge in [-0.2, -0.15) is 0 Å². The van der Waals surface area contributed by atoms with Crippen LogP contribution in [-0.4, -0.2) is 25.4 Å². The fourth-order valence-corrected chi connectivity index (χ4v) is 0.712. The van der Waals surface area contributed by atoms with E-state index in [9.17, 15) is 0 Å². The second-order valence-electron chi connectivity index (χ2n) is 3.17. The molecule has 80 valence electrons. The monoisotopic (exact) mass is 192 g/mol. The third kappa shape index (κ3) is 9.72. The quantitative estimate of drug-likeness (QED) is 0.329. The summed E-state index contributed by atoms with van der Waals surface area (Å²) in [6.45, 7) is 4.72. The Bertz CT molecular complexity index is 112. The van der Waals surface area contributed by atoms with Crippen molar-refractivity contribution in [3.05, 3.63) is 0 Å². The topological polar surface area (TPSA) is 79.7 Å². The minimum absolute atomic E-state index is 0.00583. The highest BCUT2D eigenvalue weighted by molar-refractivity contribution is 4.48. The van der Waals surface area contributed by atoms with Crippen LogP contribution in [0.5, 0.6) is 0 Å². The Morgan fingerprint density at radius 3 is 2.46 bits per heavy atom. The summed E-state index contributed by atoms with van der Waals surface area (Å²) in [6.07, 6.45) is 1.78. The summed E-state index contributed by atoms with van der Waals surface area (Å²) < 4.78 is 0. The standard InChI is InChI=1S/C8H20N2O3/c1-7(9)6-12-11-5-3-4-8(2)13-10/h7-8H,3-6,9-10H2,1-2H3. The minimum atomic E-state index is 0.00583. The second kappa shape index (κ2) is 8.40. The molecule has 5 heteroatoms. The first-order valence-electron chi connectivity index (χ1n) is 4.52. The van der Waals surface area contributed by atoms with E-state index in [2.05, 4.69) is 4.84 Å². The van der Waals surface area contributed by atoms with E-state index in [0.29, 0.717) is 13.2 Å². The van der Waals surface area contributed by atoms with E-state index in [4.69, 9.17) is 21.4 Å². The summed E-state index contributed by atoms with van der Waals surface area (Å²) in [6, 6.07) is 0.00583. The molecule has 13 heavy (non-hydrogen) atoms. The Morgan fingerprint density at radius 1 is 1.23 bits per heavy atom. The molecule has 0 aliphatic heterocycles. The van der Waals surface area contributed by atoms with E-state index in [-0.39, 0.29) is 12.1 Å². The number of nitrogens with two attached hydrogens (primary N) is 2. The lowest BCUT2D eigenvalue weighted by Gasteiger charge is -2.08. The Morgan fingerprint density at radius 2 is 1.92 bits per heavy atom. The molecular weight excluding hydrogens is 172 g/mol. The van der Waals surface area contributed by atoms with E-state index < -0.39 is 0 Å². The van der Waals surface area contributed by atoms with Gasteiger partial charge in [-0.05, 0) is 26.7 Å². The van der Waals surface area contributed by atoms with Gasteiger partial charge in [-0.25, -0.2) is 15.7 Å². The summed E-state index contributed by atoms with van der Waals surface area (Å²) in [5.41, 5.74) is 5.44. The van der Waals surface area contributed by atoms with Crippen molar-refractivity contribution in [3.63, 3.8) is 0 Å². The summed E-state index contributed by atoms with van der Waals surface area (Å²) in [5, 5.41) is 0. The molecule has 0 aromatic rings. The first-order valence-corrected chi connectivity index (χ1v) is 4.52. The Kier molecular flexibility index (Phi) is 8.27. The SMILES string of the molecule is CC(N)COOCCCC(C)ON. The van der Waals surface area contributed by atoms with Gasteiger partial charge in [0.1, 0.15) is 0 Å². The van der Waals surface area contributed by atoms with E-state index in [1.165, 1.54) is 0 Å². The summed E-state index contributed by atoms with van der Waals surface area (Å²) >= 11 is 0. The van der Waals surface area contributed by atoms with Crippen molar-refractivity contribution in [1.82, 2.24) is 0 Å². The Hall–Kier alpha value is -0.200. The van der Waals surface area contributed by atoms with Crippen LogP contribution >= 0.6 is 0 Å². The molecule has 4 N–H and O–H groups in total. The first kappa shape index (κ1) is 12.8. The molecule has 0 saturated heterocycles. The van der Waals surface area contributed by atoms with Crippen molar-refractivity contribution in [2.75, 3.05) is 13.2 Å². The zero-order valence-corrected chi connectivity index (χ0v) is 8.36. The highest BCUT2D eigenvalue weighted by Crippen LogP contribution is 1.99. The second-order valence-corrected chi connectivity index (χ2v) is 3.17. The molecule has 0 aromatic carbocycles. The summed E-state index contributed by atoms with van der Waals surface area (Å²) in [7, 11) is 0. The number of hydrogen-bond acceptors (Lipinski definition) is 5. The van der Waals surface area contributed by atoms with Crippen molar-refractivity contribution in [2.45, 2.75) is 38.8 Å². The third-order valence-corrected chi connectivity index (χ3v) is 1.48. The predicted molar refractivity (Wildman–Crippen MR) is 49.5 cm³/mol. The van der Waals surface area contributed by atoms with Crippen LogP contribution in [0.15, 0.2) is 0 Å². The maximum absolute atomic E-state index is 5.44. The lowest BCUT2D eigenvalue weighted by atomic mass is 10.2. The highest BCUT2D eigenvalue weighted by atomic mass is 17.2. The molecule has 0 amide bonds. The third-order valence-electron chi connectivity index (χ3n) is 1.48. The minimum Gasteiger partial charge on any atom is -0.326 e. The highest BCUT2D eigenvalue weighted by Gasteiger charge is 2.00. The van der Waals surface area contributed by atoms with Gasteiger partial charge >= 0.3 is 0 Å². The molecule has 0 radical (unpaired) electrons. The van der Waals surface area contributed by atoms with E-state index in [0.717, 1.165) is 12.8 Å². The van der Waals surface area contributed by atoms with Crippen LogP contribution in [0.3, 0.4) is 0 Å². The van der Waals surface area contributed by atoms with Gasteiger partial charge in [0.25, 0.3) is 0 Å². The summed E-state index contributed by atoms with van der Waals surface area (Å²) in [5.74, 6) is 4.96. The molecule has 0 heterocycles. The van der Waals surface area contributed by atoms with Crippen LogP contribution in [0.2, 0.25) is 0 Å². The van der Waals surface area contributed by atoms with Crippen LogP contribution in [0.25, 0.3) is 0 Å². The van der Waals surface area contributed by atoms with Crippen molar-refractivity contribution >= 4 is 0 Å². The molecule has 0 aliphatic carbocycles. The van der Waals surface area contributed by atoms with Crippen molar-refractivity contribution < 1.29 is 14.6 Å². The van der Waals surface area contributed by atoms with Crippen molar-refractivity contribution in [3.8, 4) is 0 Å². The first-order chi connectivity index (χ1) is 6.16. The van der Waals surface area contributed by atoms with Gasteiger partial charge in [0.2, 0.25) is 0 Å². The predicted octanol–water partition coefficient (Wildman–Crippen LogP) is 0.341. The van der Waals surface area contributed by atoms with Gasteiger partial charge in [-0.15, -0.1) is 0 Å². The van der Waals surface area contributed by atoms with E-state index in [1.54, 1.807) is 0 Å². The van der Waals surface area contributed by atoms with Crippen LogP contribution in [0.4, 0.5) is 0 Å². The van der Waals surface area contributed by atoms with Gasteiger partial charge in [-0.3, -0.25) is 0 Å². The van der Waals surface area contributed by atoms with Gasteiger partial charge < -0.3 is 10.6 Å². The fraction of sp³-hybridized carbons (Fsp3) is 1.00. The van der Waals surface area contributed by atoms with Crippen molar-refractivity contribution in [1.29, 1.82) is 0 Å². The van der Waals surface area contributed by atoms with Crippen molar-refractivity contribution in [2.24, 2.45) is 11.6 Å². The molecule has 0 rings (SSSR count).